The van der Waals surface area contributed by atoms with Crippen molar-refractivity contribution in [1.29, 1.82) is 0 Å². The normalized spacial score (nSPS) is 18.9. The zero-order chi connectivity index (χ0) is 21.2. The molecule has 0 unspecified atom stereocenters. The highest BCUT2D eigenvalue weighted by molar-refractivity contribution is 7.18. The zero-order valence-corrected chi connectivity index (χ0v) is 17.8. The number of rotatable bonds is 5. The van der Waals surface area contributed by atoms with Gasteiger partial charge in [-0.3, -0.25) is 9.78 Å². The molecule has 1 fully saturated rings. The number of fused-ring (bicyclic) bond motifs is 1. The van der Waals surface area contributed by atoms with E-state index in [9.17, 15) is 9.90 Å². The predicted octanol–water partition coefficient (Wildman–Crippen LogP) is 4.93. The lowest BCUT2D eigenvalue weighted by Gasteiger charge is -2.26. The summed E-state index contributed by atoms with van der Waals surface area (Å²) in [4.78, 5) is 23.1. The van der Waals surface area contributed by atoms with Crippen LogP contribution in [0.15, 0.2) is 59.7 Å². The summed E-state index contributed by atoms with van der Waals surface area (Å²) in [5.41, 5.74) is 2.35. The van der Waals surface area contributed by atoms with Gasteiger partial charge in [-0.05, 0) is 43.0 Å². The summed E-state index contributed by atoms with van der Waals surface area (Å²) in [6.45, 7) is 0. The van der Waals surface area contributed by atoms with E-state index in [-0.39, 0.29) is 11.7 Å². The molecule has 2 N–H and O–H groups in total. The number of H-pyrrole nitrogens is 1. The molecule has 3 heterocycles. The lowest BCUT2D eigenvalue weighted by atomic mass is 9.84. The molecular formula is C24H23N3O3S. The number of aromatic amines is 1. The van der Waals surface area contributed by atoms with Gasteiger partial charge in [0.2, 0.25) is 5.56 Å². The third-order valence-corrected chi connectivity index (χ3v) is 6.80. The lowest BCUT2D eigenvalue weighted by molar-refractivity contribution is 0.0700. The molecule has 4 aromatic rings. The molecule has 0 bridgehead atoms. The van der Waals surface area contributed by atoms with Crippen LogP contribution in [-0.4, -0.2) is 26.2 Å². The molecule has 1 aliphatic rings. The molecule has 5 rings (SSSR count). The van der Waals surface area contributed by atoms with Crippen LogP contribution in [0.3, 0.4) is 0 Å². The van der Waals surface area contributed by atoms with E-state index >= 15 is 0 Å². The highest BCUT2D eigenvalue weighted by Gasteiger charge is 2.24. The number of hydrogen-bond acceptors (Lipinski definition) is 6. The van der Waals surface area contributed by atoms with Crippen LogP contribution < -0.4 is 10.3 Å². The largest absolute Gasteiger partial charge is 0.457 e. The summed E-state index contributed by atoms with van der Waals surface area (Å²) >= 11 is 1.67. The van der Waals surface area contributed by atoms with Gasteiger partial charge in [0.25, 0.3) is 0 Å². The van der Waals surface area contributed by atoms with Crippen molar-refractivity contribution < 1.29 is 9.84 Å². The zero-order valence-electron chi connectivity index (χ0n) is 17.0. The minimum atomic E-state index is -0.206. The number of benzene rings is 1. The molecule has 158 valence electrons. The Morgan fingerprint density at radius 1 is 1.10 bits per heavy atom. The predicted molar refractivity (Wildman–Crippen MR) is 122 cm³/mol. The molecule has 1 saturated carbocycles. The number of nitrogens with zero attached hydrogens (tertiary/aromatic N) is 2. The summed E-state index contributed by atoms with van der Waals surface area (Å²) in [7, 11) is 0. The Bertz CT molecular complexity index is 1250. The van der Waals surface area contributed by atoms with Crippen LogP contribution in [0.4, 0.5) is 0 Å². The van der Waals surface area contributed by atoms with Gasteiger partial charge in [-0.2, -0.15) is 0 Å². The standard InChI is InChI=1S/C24H23N3O3S/c28-21-4-2-1-3-15(21)11-24-27-19-7-6-17(13-22(19)31-24)30-18-9-10-25-20(12-18)16-5-8-23(29)26-14-16/h5-10,12-15,21,28H,1-4,11H2,(H,26,29)/t15-,21+/m0/s1. The Morgan fingerprint density at radius 2 is 1.97 bits per heavy atom. The Hall–Kier alpha value is -3.03. The van der Waals surface area contributed by atoms with E-state index in [1.54, 1.807) is 29.8 Å². The van der Waals surface area contributed by atoms with E-state index in [0.717, 1.165) is 57.9 Å². The summed E-state index contributed by atoms with van der Waals surface area (Å²) < 4.78 is 7.15. The maximum atomic E-state index is 11.3. The second-order valence-corrected chi connectivity index (χ2v) is 9.09. The Kier molecular flexibility index (Phi) is 5.53. The quantitative estimate of drug-likeness (QED) is 0.466. The van der Waals surface area contributed by atoms with Gasteiger partial charge in [0, 0.05) is 42.6 Å². The first kappa shape index (κ1) is 19.9. The molecule has 2 atom stereocenters. The van der Waals surface area contributed by atoms with Crippen LogP contribution in [-0.2, 0) is 6.42 Å². The maximum Gasteiger partial charge on any atom is 0.247 e. The molecule has 0 radical (unpaired) electrons. The van der Waals surface area contributed by atoms with Gasteiger partial charge < -0.3 is 14.8 Å². The van der Waals surface area contributed by atoms with Crippen molar-refractivity contribution in [3.05, 3.63) is 70.2 Å². The molecule has 3 aromatic heterocycles. The molecule has 7 heteroatoms. The van der Waals surface area contributed by atoms with Crippen molar-refractivity contribution in [3.8, 4) is 22.8 Å². The van der Waals surface area contributed by atoms with Crippen molar-refractivity contribution in [2.45, 2.75) is 38.2 Å². The summed E-state index contributed by atoms with van der Waals surface area (Å²) in [5.74, 6) is 1.72. The van der Waals surface area contributed by atoms with Gasteiger partial charge in [0.15, 0.2) is 0 Å². The second kappa shape index (κ2) is 8.61. The number of aromatic nitrogens is 3. The van der Waals surface area contributed by atoms with Crippen molar-refractivity contribution in [3.63, 3.8) is 0 Å². The van der Waals surface area contributed by atoms with Crippen molar-refractivity contribution in [1.82, 2.24) is 15.0 Å². The first-order valence-corrected chi connectivity index (χ1v) is 11.4. The number of aliphatic hydroxyl groups is 1. The number of ether oxygens (including phenoxy) is 1. The number of nitrogens with one attached hydrogen (secondary N) is 1. The smallest absolute Gasteiger partial charge is 0.247 e. The number of pyridine rings is 2. The fraction of sp³-hybridized carbons (Fsp3) is 0.292. The van der Waals surface area contributed by atoms with Crippen LogP contribution in [0.2, 0.25) is 0 Å². The Balaban J connectivity index is 1.34. The first-order chi connectivity index (χ1) is 15.1. The fourth-order valence-corrected chi connectivity index (χ4v) is 5.18. The third-order valence-electron chi connectivity index (χ3n) is 5.76. The topological polar surface area (TPSA) is 88.1 Å². The van der Waals surface area contributed by atoms with Gasteiger partial charge in [-0.1, -0.05) is 12.8 Å². The van der Waals surface area contributed by atoms with Gasteiger partial charge in [-0.25, -0.2) is 4.98 Å². The van der Waals surface area contributed by atoms with Crippen LogP contribution in [0, 0.1) is 5.92 Å². The summed E-state index contributed by atoms with van der Waals surface area (Å²) in [5, 5.41) is 11.3. The monoisotopic (exact) mass is 433 g/mol. The minimum absolute atomic E-state index is 0.147. The highest BCUT2D eigenvalue weighted by Crippen LogP contribution is 2.33. The van der Waals surface area contributed by atoms with E-state index in [1.165, 1.54) is 12.5 Å². The van der Waals surface area contributed by atoms with Crippen LogP contribution in [0.5, 0.6) is 11.5 Å². The summed E-state index contributed by atoms with van der Waals surface area (Å²) in [6, 6.07) is 12.8. The molecular weight excluding hydrogens is 410 g/mol. The second-order valence-electron chi connectivity index (χ2n) is 7.97. The SMILES string of the molecule is O=c1ccc(-c2cc(Oc3ccc4nc(C[C@@H]5CCCC[C@H]5O)sc4c3)ccn2)c[nH]1. The molecule has 6 nitrogen and oxygen atoms in total. The van der Waals surface area contributed by atoms with E-state index in [2.05, 4.69) is 9.97 Å². The van der Waals surface area contributed by atoms with Crippen molar-refractivity contribution >= 4 is 21.6 Å². The average Bonchev–Trinajstić information content (AvgIpc) is 3.18. The summed E-state index contributed by atoms with van der Waals surface area (Å²) in [6.07, 6.45) is 8.25. The number of aliphatic hydroxyl groups excluding tert-OH is 1. The van der Waals surface area contributed by atoms with E-state index in [1.807, 2.05) is 30.3 Å². The van der Waals surface area contributed by atoms with Crippen molar-refractivity contribution in [2.24, 2.45) is 5.92 Å². The molecule has 0 saturated heterocycles. The van der Waals surface area contributed by atoms with E-state index < -0.39 is 0 Å². The molecule has 0 amide bonds. The molecule has 1 aliphatic carbocycles. The number of thiazole rings is 1. The van der Waals surface area contributed by atoms with Crippen LogP contribution in [0.1, 0.15) is 30.7 Å². The lowest BCUT2D eigenvalue weighted by Crippen LogP contribution is -2.26. The van der Waals surface area contributed by atoms with Crippen molar-refractivity contribution in [2.75, 3.05) is 0 Å². The molecule has 1 aromatic carbocycles. The van der Waals surface area contributed by atoms with Gasteiger partial charge in [-0.15, -0.1) is 11.3 Å². The number of hydrogen-bond donors (Lipinski definition) is 2. The van der Waals surface area contributed by atoms with Gasteiger partial charge in [0.1, 0.15) is 11.5 Å². The van der Waals surface area contributed by atoms with E-state index in [0.29, 0.717) is 11.7 Å². The molecule has 0 spiro atoms. The van der Waals surface area contributed by atoms with Gasteiger partial charge >= 0.3 is 0 Å². The minimum Gasteiger partial charge on any atom is -0.457 e. The Labute approximate surface area is 183 Å². The van der Waals surface area contributed by atoms with E-state index in [4.69, 9.17) is 9.72 Å². The van der Waals surface area contributed by atoms with Crippen LogP contribution in [0.25, 0.3) is 21.5 Å². The van der Waals surface area contributed by atoms with Gasteiger partial charge in [0.05, 0.1) is 27.0 Å². The first-order valence-electron chi connectivity index (χ1n) is 10.5. The Morgan fingerprint density at radius 3 is 2.81 bits per heavy atom. The molecule has 0 aliphatic heterocycles. The van der Waals surface area contributed by atoms with Crippen LogP contribution >= 0.6 is 11.3 Å². The highest BCUT2D eigenvalue weighted by atomic mass is 32.1. The maximum absolute atomic E-state index is 11.3. The fourth-order valence-electron chi connectivity index (χ4n) is 4.09. The third kappa shape index (κ3) is 4.52. The molecule has 31 heavy (non-hydrogen) atoms. The average molecular weight is 434 g/mol.